The number of halogens is 1. The lowest BCUT2D eigenvalue weighted by atomic mass is 9.78. The van der Waals surface area contributed by atoms with Crippen LogP contribution in [0.4, 0.5) is 0 Å². The molecule has 3 N–H and O–H groups in total. The number of hydrogen-bond acceptors (Lipinski definition) is 2. The van der Waals surface area contributed by atoms with E-state index in [1.807, 2.05) is 0 Å². The summed E-state index contributed by atoms with van der Waals surface area (Å²) in [5, 5.41) is 3.12. The number of nitrogens with two attached hydrogens (primary N) is 1. The fourth-order valence-corrected chi connectivity index (χ4v) is 2.91. The number of amides is 1. The van der Waals surface area contributed by atoms with Crippen molar-refractivity contribution in [3.05, 3.63) is 0 Å². The number of hydrogen-bond donors (Lipinski definition) is 2. The summed E-state index contributed by atoms with van der Waals surface area (Å²) in [4.78, 5) is 11.9. The van der Waals surface area contributed by atoms with Crippen LogP contribution in [0, 0.1) is 11.8 Å². The van der Waals surface area contributed by atoms with Gasteiger partial charge in [-0.3, -0.25) is 4.79 Å². The second kappa shape index (κ2) is 6.25. The number of nitrogens with one attached hydrogen (secondary N) is 1. The van der Waals surface area contributed by atoms with Crippen LogP contribution in [0.25, 0.3) is 0 Å². The molecule has 0 aromatic carbocycles. The van der Waals surface area contributed by atoms with Crippen molar-refractivity contribution >= 4 is 18.3 Å². The van der Waals surface area contributed by atoms with Crippen molar-refractivity contribution in [1.82, 2.24) is 5.32 Å². The molecule has 2 aliphatic carbocycles. The van der Waals surface area contributed by atoms with Gasteiger partial charge in [-0.25, -0.2) is 0 Å². The van der Waals surface area contributed by atoms with E-state index in [4.69, 9.17) is 5.73 Å². The van der Waals surface area contributed by atoms with Crippen LogP contribution in [0.2, 0.25) is 0 Å². The summed E-state index contributed by atoms with van der Waals surface area (Å²) in [5.74, 6) is 1.42. The Labute approximate surface area is 117 Å². The summed E-state index contributed by atoms with van der Waals surface area (Å²) < 4.78 is 0. The summed E-state index contributed by atoms with van der Waals surface area (Å²) >= 11 is 0. The molecule has 0 aromatic rings. The standard InChI is InChI=1S/C14H26N2O.ClH/c1-10(12-6-4-3-5-7-12)11(2)16-13(17)14(15)8-9-14;/h10-12H,3-9,15H2,1-2H3,(H,16,17);1H. The van der Waals surface area contributed by atoms with Crippen LogP contribution in [0.15, 0.2) is 0 Å². The maximum Gasteiger partial charge on any atom is 0.240 e. The van der Waals surface area contributed by atoms with Crippen LogP contribution in [-0.4, -0.2) is 17.5 Å². The second-order valence-corrected chi connectivity index (χ2v) is 6.18. The van der Waals surface area contributed by atoms with E-state index >= 15 is 0 Å². The molecule has 2 aliphatic rings. The van der Waals surface area contributed by atoms with Crippen LogP contribution >= 0.6 is 12.4 Å². The monoisotopic (exact) mass is 274 g/mol. The minimum absolute atomic E-state index is 0. The normalized spacial score (nSPS) is 25.7. The molecule has 18 heavy (non-hydrogen) atoms. The Morgan fingerprint density at radius 2 is 1.78 bits per heavy atom. The number of carbonyl (C=O) groups is 1. The van der Waals surface area contributed by atoms with Gasteiger partial charge in [0.2, 0.25) is 5.91 Å². The molecule has 3 nitrogen and oxygen atoms in total. The molecule has 0 saturated heterocycles. The van der Waals surface area contributed by atoms with Crippen LogP contribution in [-0.2, 0) is 4.79 Å². The van der Waals surface area contributed by atoms with Crippen molar-refractivity contribution in [3.8, 4) is 0 Å². The van der Waals surface area contributed by atoms with Crippen molar-refractivity contribution in [2.24, 2.45) is 17.6 Å². The zero-order valence-electron chi connectivity index (χ0n) is 11.6. The van der Waals surface area contributed by atoms with E-state index in [0.29, 0.717) is 5.92 Å². The molecule has 2 rings (SSSR count). The molecule has 0 aromatic heterocycles. The molecule has 2 atom stereocenters. The van der Waals surface area contributed by atoms with Gasteiger partial charge in [-0.05, 0) is 31.6 Å². The van der Waals surface area contributed by atoms with Crippen LogP contribution in [0.1, 0.15) is 58.8 Å². The van der Waals surface area contributed by atoms with E-state index in [1.165, 1.54) is 32.1 Å². The third-order valence-corrected chi connectivity index (χ3v) is 4.78. The molecule has 1 amide bonds. The van der Waals surface area contributed by atoms with Gasteiger partial charge in [-0.2, -0.15) is 0 Å². The number of carbonyl (C=O) groups excluding carboxylic acids is 1. The Hall–Kier alpha value is -0.280. The molecular formula is C14H27ClN2O. The fraction of sp³-hybridized carbons (Fsp3) is 0.929. The molecule has 0 heterocycles. The molecule has 0 bridgehead atoms. The second-order valence-electron chi connectivity index (χ2n) is 6.18. The lowest BCUT2D eigenvalue weighted by molar-refractivity contribution is -0.124. The largest absolute Gasteiger partial charge is 0.352 e. The van der Waals surface area contributed by atoms with Crippen LogP contribution in [0.3, 0.4) is 0 Å². The Balaban J connectivity index is 0.00000162. The summed E-state index contributed by atoms with van der Waals surface area (Å²) in [6, 6.07) is 0.256. The predicted octanol–water partition coefficient (Wildman–Crippen LogP) is 2.62. The third-order valence-electron chi connectivity index (χ3n) is 4.78. The van der Waals surface area contributed by atoms with Gasteiger partial charge in [0, 0.05) is 6.04 Å². The zero-order valence-corrected chi connectivity index (χ0v) is 12.4. The minimum Gasteiger partial charge on any atom is -0.352 e. The predicted molar refractivity (Wildman–Crippen MR) is 76.7 cm³/mol. The van der Waals surface area contributed by atoms with Gasteiger partial charge < -0.3 is 11.1 Å². The lowest BCUT2D eigenvalue weighted by Gasteiger charge is -2.32. The topological polar surface area (TPSA) is 55.1 Å². The maximum absolute atomic E-state index is 11.9. The van der Waals surface area contributed by atoms with Gasteiger partial charge in [0.1, 0.15) is 0 Å². The minimum atomic E-state index is -0.527. The first-order chi connectivity index (χ1) is 8.03. The van der Waals surface area contributed by atoms with E-state index in [2.05, 4.69) is 19.2 Å². The summed E-state index contributed by atoms with van der Waals surface area (Å²) in [5.41, 5.74) is 5.38. The molecule has 2 saturated carbocycles. The molecule has 2 unspecified atom stereocenters. The molecule has 0 spiro atoms. The van der Waals surface area contributed by atoms with Crippen molar-refractivity contribution in [2.45, 2.75) is 70.4 Å². The average molecular weight is 275 g/mol. The van der Waals surface area contributed by atoms with Gasteiger partial charge in [0.25, 0.3) is 0 Å². The van der Waals surface area contributed by atoms with Crippen LogP contribution < -0.4 is 11.1 Å². The summed E-state index contributed by atoms with van der Waals surface area (Å²) in [6.45, 7) is 4.40. The van der Waals surface area contributed by atoms with Gasteiger partial charge in [-0.15, -0.1) is 12.4 Å². The van der Waals surface area contributed by atoms with Gasteiger partial charge in [0.05, 0.1) is 5.54 Å². The van der Waals surface area contributed by atoms with Crippen LogP contribution in [0.5, 0.6) is 0 Å². The van der Waals surface area contributed by atoms with Crippen molar-refractivity contribution in [3.63, 3.8) is 0 Å². The number of rotatable bonds is 4. The SMILES string of the molecule is CC(NC(=O)C1(N)CC1)C(C)C1CCCCC1.Cl. The van der Waals surface area contributed by atoms with E-state index in [9.17, 15) is 4.79 Å². The van der Waals surface area contributed by atoms with E-state index < -0.39 is 5.54 Å². The van der Waals surface area contributed by atoms with Gasteiger partial charge in [-0.1, -0.05) is 39.0 Å². The molecule has 0 aliphatic heterocycles. The van der Waals surface area contributed by atoms with E-state index in [0.717, 1.165) is 18.8 Å². The van der Waals surface area contributed by atoms with Crippen molar-refractivity contribution in [2.75, 3.05) is 0 Å². The third kappa shape index (κ3) is 3.61. The highest BCUT2D eigenvalue weighted by atomic mass is 35.5. The van der Waals surface area contributed by atoms with E-state index in [-0.39, 0.29) is 24.4 Å². The smallest absolute Gasteiger partial charge is 0.240 e. The first-order valence-electron chi connectivity index (χ1n) is 7.13. The zero-order chi connectivity index (χ0) is 12.5. The molecule has 0 radical (unpaired) electrons. The van der Waals surface area contributed by atoms with Gasteiger partial charge in [0.15, 0.2) is 0 Å². The maximum atomic E-state index is 11.9. The average Bonchev–Trinajstić information content (AvgIpc) is 3.09. The Kier molecular flexibility index (Phi) is 5.47. The lowest BCUT2D eigenvalue weighted by Crippen LogP contribution is -2.49. The fourth-order valence-electron chi connectivity index (χ4n) is 2.91. The molecule has 106 valence electrons. The summed E-state index contributed by atoms with van der Waals surface area (Å²) in [6.07, 6.45) is 8.46. The van der Waals surface area contributed by atoms with Gasteiger partial charge >= 0.3 is 0 Å². The highest BCUT2D eigenvalue weighted by Crippen LogP contribution is 2.34. The highest BCUT2D eigenvalue weighted by molar-refractivity contribution is 5.89. The molecular weight excluding hydrogens is 248 g/mol. The Bertz CT molecular complexity index is 286. The first-order valence-corrected chi connectivity index (χ1v) is 7.13. The summed E-state index contributed by atoms with van der Waals surface area (Å²) in [7, 11) is 0. The Morgan fingerprint density at radius 3 is 2.28 bits per heavy atom. The highest BCUT2D eigenvalue weighted by Gasteiger charge is 2.46. The van der Waals surface area contributed by atoms with E-state index in [1.54, 1.807) is 0 Å². The first kappa shape index (κ1) is 15.8. The Morgan fingerprint density at radius 1 is 1.22 bits per heavy atom. The van der Waals surface area contributed by atoms with Crippen molar-refractivity contribution in [1.29, 1.82) is 0 Å². The molecule has 2 fully saturated rings. The van der Waals surface area contributed by atoms with Crippen molar-refractivity contribution < 1.29 is 4.79 Å². The molecule has 4 heteroatoms. The quantitative estimate of drug-likeness (QED) is 0.828.